The molecule has 1 saturated heterocycles. The highest BCUT2D eigenvalue weighted by Gasteiger charge is 2.21. The molecule has 0 amide bonds. The van der Waals surface area contributed by atoms with Crippen molar-refractivity contribution in [2.75, 3.05) is 20.3 Å². The van der Waals surface area contributed by atoms with Crippen molar-refractivity contribution in [3.8, 4) is 0 Å². The van der Waals surface area contributed by atoms with Gasteiger partial charge < -0.3 is 10.1 Å². The van der Waals surface area contributed by atoms with Crippen molar-refractivity contribution < 1.29 is 4.74 Å². The van der Waals surface area contributed by atoms with Crippen molar-refractivity contribution in [3.05, 3.63) is 29.3 Å². The highest BCUT2D eigenvalue weighted by Crippen LogP contribution is 2.31. The second-order valence-corrected chi connectivity index (χ2v) is 6.24. The molecule has 3 nitrogen and oxygen atoms in total. The molecule has 1 N–H and O–H groups in total. The van der Waals surface area contributed by atoms with E-state index in [9.17, 15) is 0 Å². The summed E-state index contributed by atoms with van der Waals surface area (Å²) in [6.07, 6.45) is 3.60. The molecule has 2 atom stereocenters. The molecule has 4 heteroatoms. The summed E-state index contributed by atoms with van der Waals surface area (Å²) in [6.45, 7) is 1.84. The molecule has 1 aromatic carbocycles. The number of aromatic nitrogens is 1. The summed E-state index contributed by atoms with van der Waals surface area (Å²) < 4.78 is 6.85. The van der Waals surface area contributed by atoms with E-state index in [0.717, 1.165) is 25.2 Å². The molecule has 0 radical (unpaired) electrons. The zero-order valence-electron chi connectivity index (χ0n) is 11.3. The molecule has 3 rings (SSSR count). The van der Waals surface area contributed by atoms with Gasteiger partial charge >= 0.3 is 0 Å². The summed E-state index contributed by atoms with van der Waals surface area (Å²) in [5.74, 6) is 0.665. The SMILES string of the molecule is CNC(CC1CCCOC1)c1nc2ccccc2s1. The lowest BCUT2D eigenvalue weighted by Gasteiger charge is -2.25. The number of hydrogen-bond donors (Lipinski definition) is 1. The maximum atomic E-state index is 5.58. The topological polar surface area (TPSA) is 34.1 Å². The molecule has 2 aromatic rings. The van der Waals surface area contributed by atoms with Crippen molar-refractivity contribution in [3.63, 3.8) is 0 Å². The minimum atomic E-state index is 0.351. The number of nitrogens with one attached hydrogen (secondary N) is 1. The van der Waals surface area contributed by atoms with E-state index in [-0.39, 0.29) is 0 Å². The lowest BCUT2D eigenvalue weighted by atomic mass is 9.94. The summed E-state index contributed by atoms with van der Waals surface area (Å²) in [6, 6.07) is 8.71. The van der Waals surface area contributed by atoms with Gasteiger partial charge in [-0.15, -0.1) is 11.3 Å². The fourth-order valence-electron chi connectivity index (χ4n) is 2.71. The van der Waals surface area contributed by atoms with Crippen molar-refractivity contribution in [2.24, 2.45) is 5.92 Å². The fraction of sp³-hybridized carbons (Fsp3) is 0.533. The first-order valence-electron chi connectivity index (χ1n) is 6.97. The van der Waals surface area contributed by atoms with Crippen LogP contribution in [0.15, 0.2) is 24.3 Å². The van der Waals surface area contributed by atoms with Gasteiger partial charge in [-0.2, -0.15) is 0 Å². The van der Waals surface area contributed by atoms with E-state index >= 15 is 0 Å². The van der Waals surface area contributed by atoms with Crippen molar-refractivity contribution in [2.45, 2.75) is 25.3 Å². The van der Waals surface area contributed by atoms with Gasteiger partial charge in [0.15, 0.2) is 0 Å². The second-order valence-electron chi connectivity index (χ2n) is 5.18. The van der Waals surface area contributed by atoms with E-state index in [0.29, 0.717) is 12.0 Å². The van der Waals surface area contributed by atoms with E-state index in [1.54, 1.807) is 11.3 Å². The molecule has 0 saturated carbocycles. The maximum absolute atomic E-state index is 5.58. The highest BCUT2D eigenvalue weighted by molar-refractivity contribution is 7.18. The average Bonchev–Trinajstić information content (AvgIpc) is 2.89. The monoisotopic (exact) mass is 276 g/mol. The fourth-order valence-corrected chi connectivity index (χ4v) is 3.80. The van der Waals surface area contributed by atoms with Gasteiger partial charge in [-0.05, 0) is 44.4 Å². The minimum Gasteiger partial charge on any atom is -0.381 e. The predicted octanol–water partition coefficient (Wildman–Crippen LogP) is 3.37. The van der Waals surface area contributed by atoms with Crippen LogP contribution in [0.1, 0.15) is 30.3 Å². The number of benzene rings is 1. The molecule has 19 heavy (non-hydrogen) atoms. The van der Waals surface area contributed by atoms with Gasteiger partial charge in [-0.1, -0.05) is 12.1 Å². The van der Waals surface area contributed by atoms with Gasteiger partial charge in [0, 0.05) is 13.2 Å². The average molecular weight is 276 g/mol. The standard InChI is InChI=1S/C15H20N2OS/c1-16-13(9-11-5-4-8-18-10-11)15-17-12-6-2-3-7-14(12)19-15/h2-3,6-7,11,13,16H,4-5,8-10H2,1H3. The molecule has 1 aromatic heterocycles. The molecule has 0 aliphatic carbocycles. The third kappa shape index (κ3) is 2.96. The predicted molar refractivity (Wildman–Crippen MR) is 79.6 cm³/mol. The summed E-state index contributed by atoms with van der Waals surface area (Å²) in [7, 11) is 2.03. The number of hydrogen-bond acceptors (Lipinski definition) is 4. The first-order valence-corrected chi connectivity index (χ1v) is 7.79. The number of fused-ring (bicyclic) bond motifs is 1. The maximum Gasteiger partial charge on any atom is 0.111 e. The molecule has 1 aliphatic rings. The van der Waals surface area contributed by atoms with Gasteiger partial charge in [0.1, 0.15) is 5.01 Å². The summed E-state index contributed by atoms with van der Waals surface area (Å²) >= 11 is 1.80. The van der Waals surface area contributed by atoms with Crippen LogP contribution in [0.4, 0.5) is 0 Å². The van der Waals surface area contributed by atoms with E-state index in [1.165, 1.54) is 22.5 Å². The summed E-state index contributed by atoms with van der Waals surface area (Å²) in [4.78, 5) is 4.76. The quantitative estimate of drug-likeness (QED) is 0.929. The first-order chi connectivity index (χ1) is 9.36. The van der Waals surface area contributed by atoms with Crippen LogP contribution in [0.2, 0.25) is 0 Å². The van der Waals surface area contributed by atoms with E-state index in [2.05, 4.69) is 29.6 Å². The van der Waals surface area contributed by atoms with E-state index in [4.69, 9.17) is 9.72 Å². The Morgan fingerprint density at radius 3 is 3.11 bits per heavy atom. The summed E-state index contributed by atoms with van der Waals surface area (Å²) in [5.41, 5.74) is 1.11. The molecule has 0 spiro atoms. The molecule has 2 unspecified atom stereocenters. The van der Waals surface area contributed by atoms with Gasteiger partial charge in [0.2, 0.25) is 0 Å². The van der Waals surface area contributed by atoms with Crippen LogP contribution in [-0.2, 0) is 4.74 Å². The first kappa shape index (κ1) is 13.0. The molecule has 1 fully saturated rings. The Balaban J connectivity index is 1.76. The molecule has 2 heterocycles. The molecule has 102 valence electrons. The Labute approximate surface area is 118 Å². The Kier molecular flexibility index (Phi) is 4.11. The number of ether oxygens (including phenoxy) is 1. The number of rotatable bonds is 4. The third-order valence-corrected chi connectivity index (χ3v) is 4.93. The van der Waals surface area contributed by atoms with Crippen LogP contribution < -0.4 is 5.32 Å². The minimum absolute atomic E-state index is 0.351. The van der Waals surface area contributed by atoms with Crippen LogP contribution >= 0.6 is 11.3 Å². The van der Waals surface area contributed by atoms with Crippen LogP contribution in [0.25, 0.3) is 10.2 Å². The van der Waals surface area contributed by atoms with Crippen LogP contribution in [0.3, 0.4) is 0 Å². The van der Waals surface area contributed by atoms with Gasteiger partial charge in [0.05, 0.1) is 16.3 Å². The molecular weight excluding hydrogens is 256 g/mol. The highest BCUT2D eigenvalue weighted by atomic mass is 32.1. The Morgan fingerprint density at radius 2 is 2.37 bits per heavy atom. The van der Waals surface area contributed by atoms with E-state index < -0.39 is 0 Å². The number of para-hydroxylation sites is 1. The zero-order chi connectivity index (χ0) is 13.1. The van der Waals surface area contributed by atoms with Crippen molar-refractivity contribution in [1.82, 2.24) is 10.3 Å². The van der Waals surface area contributed by atoms with Crippen molar-refractivity contribution in [1.29, 1.82) is 0 Å². The smallest absolute Gasteiger partial charge is 0.111 e. The van der Waals surface area contributed by atoms with Crippen LogP contribution in [-0.4, -0.2) is 25.2 Å². The molecular formula is C15H20N2OS. The van der Waals surface area contributed by atoms with Gasteiger partial charge in [-0.25, -0.2) is 4.98 Å². The second kappa shape index (κ2) is 5.99. The Bertz CT molecular complexity index is 501. The van der Waals surface area contributed by atoms with Gasteiger partial charge in [0.25, 0.3) is 0 Å². The molecule has 1 aliphatic heterocycles. The normalized spacial score (nSPS) is 21.6. The third-order valence-electron chi connectivity index (χ3n) is 3.78. The molecule has 0 bridgehead atoms. The van der Waals surface area contributed by atoms with Crippen molar-refractivity contribution >= 4 is 21.6 Å². The van der Waals surface area contributed by atoms with Gasteiger partial charge in [-0.3, -0.25) is 0 Å². The largest absolute Gasteiger partial charge is 0.381 e. The zero-order valence-corrected chi connectivity index (χ0v) is 12.1. The lowest BCUT2D eigenvalue weighted by Crippen LogP contribution is -2.24. The summed E-state index contributed by atoms with van der Waals surface area (Å²) in [5, 5.41) is 4.62. The van der Waals surface area contributed by atoms with E-state index in [1.807, 2.05) is 7.05 Å². The van der Waals surface area contributed by atoms with Crippen LogP contribution in [0, 0.1) is 5.92 Å². The Morgan fingerprint density at radius 1 is 1.47 bits per heavy atom. The number of nitrogens with zero attached hydrogens (tertiary/aromatic N) is 1. The lowest BCUT2D eigenvalue weighted by molar-refractivity contribution is 0.0478. The Hall–Kier alpha value is -0.970. The van der Waals surface area contributed by atoms with Crippen LogP contribution in [0.5, 0.6) is 0 Å². The number of thiazole rings is 1.